The Kier molecular flexibility index (Phi) is 5.19. The highest BCUT2D eigenvalue weighted by Gasteiger charge is 2.43. The molecule has 0 unspecified atom stereocenters. The van der Waals surface area contributed by atoms with Gasteiger partial charge >= 0.3 is 5.97 Å². The average molecular weight is 495 g/mol. The van der Waals surface area contributed by atoms with Gasteiger partial charge in [-0.1, -0.05) is 0 Å². The summed E-state index contributed by atoms with van der Waals surface area (Å²) < 4.78 is 26.7. The number of methoxy groups -OCH3 is 1. The number of pyridine rings is 2. The Bertz CT molecular complexity index is 1490. The van der Waals surface area contributed by atoms with Gasteiger partial charge in [0.05, 0.1) is 36.1 Å². The zero-order valence-corrected chi connectivity index (χ0v) is 20.4. The Balaban J connectivity index is 1.57. The number of nitrogens with zero attached hydrogens (tertiary/aromatic N) is 4. The predicted molar refractivity (Wildman–Crippen MR) is 129 cm³/mol. The van der Waals surface area contributed by atoms with Crippen molar-refractivity contribution in [2.24, 2.45) is 0 Å². The molecule has 0 spiro atoms. The molecule has 0 saturated carbocycles. The summed E-state index contributed by atoms with van der Waals surface area (Å²) in [5.74, 6) is -1.18. The number of rotatable bonds is 3. The second-order valence-electron chi connectivity index (χ2n) is 9.96. The van der Waals surface area contributed by atoms with Gasteiger partial charge in [0.15, 0.2) is 17.2 Å². The van der Waals surface area contributed by atoms with E-state index in [1.54, 1.807) is 16.7 Å². The van der Waals surface area contributed by atoms with Crippen LogP contribution in [0, 0.1) is 5.82 Å². The zero-order valence-electron chi connectivity index (χ0n) is 20.4. The first kappa shape index (κ1) is 23.1. The van der Waals surface area contributed by atoms with Crippen LogP contribution < -0.4 is 10.3 Å². The van der Waals surface area contributed by atoms with Crippen LogP contribution in [-0.4, -0.2) is 70.8 Å². The molecule has 1 saturated heterocycles. The molecule has 188 valence electrons. The molecule has 3 aliphatic rings. The second-order valence-corrected chi connectivity index (χ2v) is 9.96. The lowest BCUT2D eigenvalue weighted by Gasteiger charge is -2.33. The molecule has 1 aromatic carbocycles. The smallest absolute Gasteiger partial charge is 0.342 e. The average Bonchev–Trinajstić information content (AvgIpc) is 3.22. The van der Waals surface area contributed by atoms with Crippen molar-refractivity contribution in [1.82, 2.24) is 19.4 Å². The Morgan fingerprint density at radius 3 is 2.64 bits per heavy atom. The van der Waals surface area contributed by atoms with Gasteiger partial charge in [-0.05, 0) is 31.7 Å². The molecule has 10 heteroatoms. The maximum Gasteiger partial charge on any atom is 0.342 e. The van der Waals surface area contributed by atoms with Crippen molar-refractivity contribution >= 4 is 16.9 Å². The van der Waals surface area contributed by atoms with Gasteiger partial charge < -0.3 is 24.0 Å². The normalized spacial score (nSPS) is 21.8. The number of ether oxygens (including phenoxy) is 2. The SMILES string of the molecule is COc1cc2c(CN3CCN(C)CC3)c3c(nc2cc1F)-c1cc2c(c(=O)n1C3)COC(=O)[C@@]2(C)O. The van der Waals surface area contributed by atoms with Crippen molar-refractivity contribution in [3.05, 3.63) is 56.6 Å². The van der Waals surface area contributed by atoms with Gasteiger partial charge in [-0.2, -0.15) is 0 Å². The monoisotopic (exact) mass is 494 g/mol. The third kappa shape index (κ3) is 3.36. The fraction of sp³-hybridized carbons (Fsp3) is 0.423. The molecule has 1 fully saturated rings. The molecule has 6 rings (SSSR count). The van der Waals surface area contributed by atoms with E-state index in [-0.39, 0.29) is 29.0 Å². The van der Waals surface area contributed by atoms with Crippen LogP contribution in [0.3, 0.4) is 0 Å². The molecule has 0 amide bonds. The number of likely N-dealkylation sites (N-methyl/N-ethyl adjacent to an activating group) is 1. The molecule has 0 radical (unpaired) electrons. The van der Waals surface area contributed by atoms with Crippen molar-refractivity contribution in [3.63, 3.8) is 0 Å². The van der Waals surface area contributed by atoms with Gasteiger partial charge in [0.1, 0.15) is 6.61 Å². The minimum Gasteiger partial charge on any atom is -0.494 e. The van der Waals surface area contributed by atoms with Gasteiger partial charge in [-0.3, -0.25) is 9.69 Å². The molecule has 0 bridgehead atoms. The molecular formula is C26H27FN4O5. The maximum atomic E-state index is 14.7. The van der Waals surface area contributed by atoms with Crippen molar-refractivity contribution in [2.75, 3.05) is 40.3 Å². The van der Waals surface area contributed by atoms with E-state index in [2.05, 4.69) is 16.8 Å². The number of aromatic nitrogens is 2. The number of fused-ring (bicyclic) bond motifs is 5. The molecule has 0 aliphatic carbocycles. The van der Waals surface area contributed by atoms with Crippen LogP contribution in [0.1, 0.15) is 29.2 Å². The van der Waals surface area contributed by atoms with Gasteiger partial charge in [-0.15, -0.1) is 0 Å². The summed E-state index contributed by atoms with van der Waals surface area (Å²) in [5, 5.41) is 11.6. The number of aliphatic hydroxyl groups is 1. The number of cyclic esters (lactones) is 1. The van der Waals surface area contributed by atoms with E-state index in [4.69, 9.17) is 14.5 Å². The summed E-state index contributed by atoms with van der Waals surface area (Å²) in [4.78, 5) is 35.1. The highest BCUT2D eigenvalue weighted by Crippen LogP contribution is 2.40. The molecule has 5 heterocycles. The van der Waals surface area contributed by atoms with E-state index >= 15 is 0 Å². The topological polar surface area (TPSA) is 97.1 Å². The van der Waals surface area contributed by atoms with E-state index < -0.39 is 17.4 Å². The quantitative estimate of drug-likeness (QED) is 0.429. The number of carbonyl (C=O) groups is 1. The molecular weight excluding hydrogens is 467 g/mol. The second kappa shape index (κ2) is 8.09. The molecule has 3 aromatic rings. The Morgan fingerprint density at radius 2 is 1.92 bits per heavy atom. The number of hydrogen-bond acceptors (Lipinski definition) is 8. The lowest BCUT2D eigenvalue weighted by atomic mass is 9.89. The van der Waals surface area contributed by atoms with E-state index in [1.807, 2.05) is 0 Å². The fourth-order valence-electron chi connectivity index (χ4n) is 5.48. The van der Waals surface area contributed by atoms with Crippen LogP contribution in [0.15, 0.2) is 23.0 Å². The van der Waals surface area contributed by atoms with E-state index in [1.165, 1.54) is 20.1 Å². The van der Waals surface area contributed by atoms with Gasteiger partial charge in [0.2, 0.25) is 0 Å². The van der Waals surface area contributed by atoms with Crippen LogP contribution in [0.4, 0.5) is 4.39 Å². The summed E-state index contributed by atoms with van der Waals surface area (Å²) >= 11 is 0. The lowest BCUT2D eigenvalue weighted by Crippen LogP contribution is -2.44. The standard InChI is InChI=1S/C26H27FN4O5/c1-26(34)18-9-21-23-16(12-31(21)24(32)17(18)13-36-25(26)33)15(11-30-6-4-29(2)5-7-30)14-8-22(35-3)19(27)10-20(14)28-23/h8-10,34H,4-7,11-13H2,1-3H3/t26-/m0/s1. The lowest BCUT2D eigenvalue weighted by molar-refractivity contribution is -0.169. The Hall–Kier alpha value is -3.34. The van der Waals surface area contributed by atoms with Crippen LogP contribution in [0.2, 0.25) is 0 Å². The molecule has 9 nitrogen and oxygen atoms in total. The highest BCUT2D eigenvalue weighted by molar-refractivity contribution is 5.90. The first-order valence-corrected chi connectivity index (χ1v) is 12.0. The minimum atomic E-state index is -1.94. The first-order valence-electron chi connectivity index (χ1n) is 12.0. The summed E-state index contributed by atoms with van der Waals surface area (Å²) in [6, 6.07) is 4.69. The predicted octanol–water partition coefficient (Wildman–Crippen LogP) is 1.58. The summed E-state index contributed by atoms with van der Waals surface area (Å²) in [6.07, 6.45) is 0. The number of hydrogen-bond donors (Lipinski definition) is 1. The largest absolute Gasteiger partial charge is 0.494 e. The van der Waals surface area contributed by atoms with Crippen LogP contribution in [0.25, 0.3) is 22.3 Å². The number of esters is 1. The minimum absolute atomic E-state index is 0.138. The summed E-state index contributed by atoms with van der Waals surface area (Å²) in [5.41, 5.74) is 1.59. The molecule has 36 heavy (non-hydrogen) atoms. The van der Waals surface area contributed by atoms with Gasteiger partial charge in [0.25, 0.3) is 5.56 Å². The molecule has 2 aromatic heterocycles. The highest BCUT2D eigenvalue weighted by atomic mass is 19.1. The first-order chi connectivity index (χ1) is 17.2. The van der Waals surface area contributed by atoms with Gasteiger partial charge in [-0.25, -0.2) is 14.2 Å². The van der Waals surface area contributed by atoms with Crippen molar-refractivity contribution in [3.8, 4) is 17.1 Å². The number of halogens is 1. The van der Waals surface area contributed by atoms with Crippen LogP contribution in [0.5, 0.6) is 5.75 Å². The van der Waals surface area contributed by atoms with Crippen LogP contribution in [-0.2, 0) is 34.8 Å². The third-order valence-electron chi connectivity index (χ3n) is 7.68. The van der Waals surface area contributed by atoms with Crippen molar-refractivity contribution in [2.45, 2.75) is 32.2 Å². The zero-order chi connectivity index (χ0) is 25.4. The summed E-state index contributed by atoms with van der Waals surface area (Å²) in [6.45, 7) is 5.70. The Morgan fingerprint density at radius 1 is 1.17 bits per heavy atom. The van der Waals surface area contributed by atoms with E-state index in [0.29, 0.717) is 30.0 Å². The van der Waals surface area contributed by atoms with Crippen LogP contribution >= 0.6 is 0 Å². The third-order valence-corrected chi connectivity index (χ3v) is 7.68. The van der Waals surface area contributed by atoms with Crippen molar-refractivity contribution < 1.29 is 23.8 Å². The number of piperazine rings is 1. The van der Waals surface area contributed by atoms with Gasteiger partial charge in [0, 0.05) is 55.3 Å². The van der Waals surface area contributed by atoms with Crippen molar-refractivity contribution in [1.29, 1.82) is 0 Å². The van der Waals surface area contributed by atoms with E-state index in [9.17, 15) is 19.1 Å². The number of carbonyl (C=O) groups excluding carboxylic acids is 1. The molecule has 3 aliphatic heterocycles. The Labute approximate surface area is 206 Å². The molecule has 1 atom stereocenters. The maximum absolute atomic E-state index is 14.7. The van der Waals surface area contributed by atoms with E-state index in [0.717, 1.165) is 42.7 Å². The molecule has 1 N–H and O–H groups in total. The number of benzene rings is 1. The fourth-order valence-corrected chi connectivity index (χ4v) is 5.48. The summed E-state index contributed by atoms with van der Waals surface area (Å²) in [7, 11) is 3.53.